The second kappa shape index (κ2) is 5.74. The minimum absolute atomic E-state index is 0.0143. The molecule has 0 radical (unpaired) electrons. The highest BCUT2D eigenvalue weighted by Crippen LogP contribution is 2.22. The van der Waals surface area contributed by atoms with Gasteiger partial charge in [0, 0.05) is 17.8 Å². The molecule has 0 saturated heterocycles. The van der Waals surface area contributed by atoms with Gasteiger partial charge in [0.25, 0.3) is 11.6 Å². The third kappa shape index (κ3) is 3.05. The number of carbonyl (C=O) groups excluding carboxylic acids is 1. The second-order valence-corrected chi connectivity index (χ2v) is 3.93. The Morgan fingerprint density at radius 2 is 2.20 bits per heavy atom. The molecule has 0 unspecified atom stereocenters. The summed E-state index contributed by atoms with van der Waals surface area (Å²) in [5.41, 5.74) is 5.93. The van der Waals surface area contributed by atoms with E-state index in [9.17, 15) is 14.9 Å². The number of amides is 1. The molecule has 2 rings (SSSR count). The summed E-state index contributed by atoms with van der Waals surface area (Å²) in [5, 5.41) is 20.8. The van der Waals surface area contributed by atoms with Crippen LogP contribution in [0, 0.1) is 10.1 Å². The van der Waals surface area contributed by atoms with Crippen LogP contribution < -0.4 is 11.1 Å². The van der Waals surface area contributed by atoms with Gasteiger partial charge in [0.1, 0.15) is 5.69 Å². The average Bonchev–Trinajstić information content (AvgIpc) is 2.46. The smallest absolute Gasteiger partial charge is 0.292 e. The summed E-state index contributed by atoms with van der Waals surface area (Å²) < 4.78 is 0. The molecule has 8 heteroatoms. The molecular formula is C12H11N5O3. The van der Waals surface area contributed by atoms with E-state index in [1.54, 1.807) is 12.1 Å². The van der Waals surface area contributed by atoms with Gasteiger partial charge < -0.3 is 11.1 Å². The normalized spacial score (nSPS) is 10.0. The van der Waals surface area contributed by atoms with Gasteiger partial charge in [0.2, 0.25) is 0 Å². The molecule has 2 aromatic rings. The maximum absolute atomic E-state index is 11.9. The third-order valence-electron chi connectivity index (χ3n) is 2.55. The van der Waals surface area contributed by atoms with Crippen LogP contribution >= 0.6 is 0 Å². The van der Waals surface area contributed by atoms with Crippen molar-refractivity contribution >= 4 is 17.3 Å². The zero-order valence-electron chi connectivity index (χ0n) is 10.3. The van der Waals surface area contributed by atoms with Crippen LogP contribution in [0.1, 0.15) is 16.1 Å². The van der Waals surface area contributed by atoms with Gasteiger partial charge in [-0.25, -0.2) is 0 Å². The maximum Gasteiger partial charge on any atom is 0.292 e. The lowest BCUT2D eigenvalue weighted by Crippen LogP contribution is -2.23. The Morgan fingerprint density at radius 1 is 1.40 bits per heavy atom. The average molecular weight is 273 g/mol. The van der Waals surface area contributed by atoms with Crippen molar-refractivity contribution in [2.75, 3.05) is 5.73 Å². The standard InChI is InChI=1S/C12H11N5O3/c13-10-4-3-8(6-11(10)17(19)20)12(18)14-7-9-2-1-5-15-16-9/h1-6H,7,13H2,(H,14,18). The Balaban J connectivity index is 2.10. The molecule has 0 aliphatic carbocycles. The summed E-state index contributed by atoms with van der Waals surface area (Å²) in [5.74, 6) is -0.446. The topological polar surface area (TPSA) is 124 Å². The van der Waals surface area contributed by atoms with E-state index in [4.69, 9.17) is 5.73 Å². The predicted octanol–water partition coefficient (Wildman–Crippen LogP) is 0.897. The Hall–Kier alpha value is -3.03. The molecule has 8 nitrogen and oxygen atoms in total. The number of nitrogen functional groups attached to an aromatic ring is 1. The Morgan fingerprint density at radius 3 is 2.85 bits per heavy atom. The van der Waals surface area contributed by atoms with Crippen LogP contribution in [0.3, 0.4) is 0 Å². The molecule has 20 heavy (non-hydrogen) atoms. The first-order chi connectivity index (χ1) is 9.58. The highest BCUT2D eigenvalue weighted by atomic mass is 16.6. The molecule has 1 heterocycles. The highest BCUT2D eigenvalue weighted by Gasteiger charge is 2.15. The first-order valence-corrected chi connectivity index (χ1v) is 5.66. The first kappa shape index (κ1) is 13.4. The van der Waals surface area contributed by atoms with Gasteiger partial charge in [-0.3, -0.25) is 14.9 Å². The lowest BCUT2D eigenvalue weighted by molar-refractivity contribution is -0.383. The molecule has 0 spiro atoms. The summed E-state index contributed by atoms with van der Waals surface area (Å²) in [7, 11) is 0. The molecule has 0 aliphatic heterocycles. The SMILES string of the molecule is Nc1ccc(C(=O)NCc2cccnn2)cc1[N+](=O)[O-]. The fourth-order valence-corrected chi connectivity index (χ4v) is 1.54. The monoisotopic (exact) mass is 273 g/mol. The van der Waals surface area contributed by atoms with E-state index in [0.29, 0.717) is 5.69 Å². The number of nitrogens with two attached hydrogens (primary N) is 1. The van der Waals surface area contributed by atoms with Crippen molar-refractivity contribution in [2.45, 2.75) is 6.54 Å². The molecular weight excluding hydrogens is 262 g/mol. The number of nitrogens with one attached hydrogen (secondary N) is 1. The van der Waals surface area contributed by atoms with Crippen LogP contribution in [0.2, 0.25) is 0 Å². The Labute approximate surface area is 113 Å². The predicted molar refractivity (Wildman–Crippen MR) is 70.7 cm³/mol. The van der Waals surface area contributed by atoms with Gasteiger partial charge in [-0.15, -0.1) is 0 Å². The van der Waals surface area contributed by atoms with E-state index >= 15 is 0 Å². The number of rotatable bonds is 4. The number of anilines is 1. The quantitative estimate of drug-likeness (QED) is 0.484. The van der Waals surface area contributed by atoms with Crippen LogP contribution in [0.5, 0.6) is 0 Å². The van der Waals surface area contributed by atoms with Crippen molar-refractivity contribution in [3.8, 4) is 0 Å². The van der Waals surface area contributed by atoms with E-state index in [1.807, 2.05) is 0 Å². The summed E-state index contributed by atoms with van der Waals surface area (Å²) in [6, 6.07) is 7.30. The number of nitrogens with zero attached hydrogens (tertiary/aromatic N) is 3. The van der Waals surface area contributed by atoms with Crippen LogP contribution in [0.25, 0.3) is 0 Å². The number of hydrogen-bond acceptors (Lipinski definition) is 6. The maximum atomic E-state index is 11.9. The van der Waals surface area contributed by atoms with Gasteiger partial charge in [0.15, 0.2) is 0 Å². The number of nitro benzene ring substituents is 1. The molecule has 0 saturated carbocycles. The molecule has 3 N–H and O–H groups in total. The summed E-state index contributed by atoms with van der Waals surface area (Å²) in [6.07, 6.45) is 1.52. The molecule has 0 aliphatic rings. The minimum atomic E-state index is -0.630. The van der Waals surface area contributed by atoms with Crippen molar-refractivity contribution in [3.63, 3.8) is 0 Å². The zero-order chi connectivity index (χ0) is 14.5. The molecule has 102 valence electrons. The van der Waals surface area contributed by atoms with Crippen molar-refractivity contribution in [1.29, 1.82) is 0 Å². The van der Waals surface area contributed by atoms with Gasteiger partial charge in [-0.1, -0.05) is 0 Å². The fourth-order valence-electron chi connectivity index (χ4n) is 1.54. The van der Waals surface area contributed by atoms with Crippen molar-refractivity contribution in [1.82, 2.24) is 15.5 Å². The van der Waals surface area contributed by atoms with Crippen LogP contribution in [-0.4, -0.2) is 21.0 Å². The Bertz CT molecular complexity index is 645. The van der Waals surface area contributed by atoms with Gasteiger partial charge in [0.05, 0.1) is 17.2 Å². The van der Waals surface area contributed by atoms with Crippen LogP contribution in [-0.2, 0) is 6.54 Å². The first-order valence-electron chi connectivity index (χ1n) is 5.66. The number of aromatic nitrogens is 2. The van der Waals surface area contributed by atoms with Gasteiger partial charge >= 0.3 is 0 Å². The minimum Gasteiger partial charge on any atom is -0.393 e. The molecule has 0 fully saturated rings. The molecule has 0 atom stereocenters. The Kier molecular flexibility index (Phi) is 3.85. The number of benzene rings is 1. The van der Waals surface area contributed by atoms with E-state index < -0.39 is 10.8 Å². The fraction of sp³-hybridized carbons (Fsp3) is 0.0833. The summed E-state index contributed by atoms with van der Waals surface area (Å²) in [4.78, 5) is 22.0. The molecule has 1 amide bonds. The van der Waals surface area contributed by atoms with E-state index in [1.165, 1.54) is 18.3 Å². The van der Waals surface area contributed by atoms with Crippen molar-refractivity contribution < 1.29 is 9.72 Å². The molecule has 1 aromatic heterocycles. The number of nitro groups is 1. The molecule has 1 aromatic carbocycles. The zero-order valence-corrected chi connectivity index (χ0v) is 10.3. The lowest BCUT2D eigenvalue weighted by atomic mass is 10.1. The number of hydrogen-bond donors (Lipinski definition) is 2. The summed E-state index contributed by atoms with van der Waals surface area (Å²) in [6.45, 7) is 0.185. The van der Waals surface area contributed by atoms with Gasteiger partial charge in [-0.2, -0.15) is 10.2 Å². The second-order valence-electron chi connectivity index (χ2n) is 3.93. The van der Waals surface area contributed by atoms with Gasteiger partial charge in [-0.05, 0) is 24.3 Å². The molecule has 0 bridgehead atoms. The largest absolute Gasteiger partial charge is 0.393 e. The highest BCUT2D eigenvalue weighted by molar-refractivity contribution is 5.95. The lowest BCUT2D eigenvalue weighted by Gasteiger charge is -2.05. The van der Waals surface area contributed by atoms with Crippen molar-refractivity contribution in [2.24, 2.45) is 0 Å². The number of carbonyl (C=O) groups is 1. The summed E-state index contributed by atoms with van der Waals surface area (Å²) >= 11 is 0. The van der Waals surface area contributed by atoms with Crippen LogP contribution in [0.15, 0.2) is 36.5 Å². The van der Waals surface area contributed by atoms with E-state index in [2.05, 4.69) is 15.5 Å². The van der Waals surface area contributed by atoms with Crippen molar-refractivity contribution in [3.05, 3.63) is 57.9 Å². The van der Waals surface area contributed by atoms with E-state index in [-0.39, 0.29) is 23.5 Å². The van der Waals surface area contributed by atoms with Crippen LogP contribution in [0.4, 0.5) is 11.4 Å². The van der Waals surface area contributed by atoms with E-state index in [0.717, 1.165) is 6.07 Å². The third-order valence-corrected chi connectivity index (χ3v) is 2.55.